The molecule has 0 bridgehead atoms. The largest absolute Gasteiger partial charge is 0.465 e. The van der Waals surface area contributed by atoms with E-state index in [1.807, 2.05) is 0 Å². The first-order valence-corrected chi connectivity index (χ1v) is 7.10. The summed E-state index contributed by atoms with van der Waals surface area (Å²) in [7, 11) is 0. The lowest BCUT2D eigenvalue weighted by Crippen LogP contribution is -2.30. The average Bonchev–Trinajstić information content (AvgIpc) is 2.38. The van der Waals surface area contributed by atoms with E-state index in [1.165, 1.54) is 0 Å². The van der Waals surface area contributed by atoms with Crippen LogP contribution < -0.4 is 0 Å². The molecular weight excluding hydrogens is 288 g/mol. The van der Waals surface area contributed by atoms with Gasteiger partial charge in [0, 0.05) is 4.90 Å². The molecule has 0 atom stereocenters. The van der Waals surface area contributed by atoms with Crippen molar-refractivity contribution in [1.29, 1.82) is 0 Å². The Kier molecular flexibility index (Phi) is 6.73. The third kappa shape index (κ3) is 4.76. The van der Waals surface area contributed by atoms with Crippen molar-refractivity contribution in [1.82, 2.24) is 0 Å². The van der Waals surface area contributed by atoms with Crippen LogP contribution in [0, 0.1) is 0 Å². The third-order valence-electron chi connectivity index (χ3n) is 2.08. The highest BCUT2D eigenvalue weighted by Gasteiger charge is 2.31. The van der Waals surface area contributed by atoms with Crippen molar-refractivity contribution in [2.45, 2.75) is 24.0 Å². The third-order valence-corrected chi connectivity index (χ3v) is 3.75. The van der Waals surface area contributed by atoms with E-state index in [0.717, 1.165) is 11.8 Å². The molecule has 1 rings (SSSR count). The summed E-state index contributed by atoms with van der Waals surface area (Å²) >= 11 is 7.04. The Balaban J connectivity index is 2.88. The molecule has 0 amide bonds. The first-order chi connectivity index (χ1) is 9.10. The van der Waals surface area contributed by atoms with Crippen LogP contribution in [-0.2, 0) is 19.1 Å². The maximum absolute atomic E-state index is 11.8. The minimum Gasteiger partial charge on any atom is -0.465 e. The Morgan fingerprint density at radius 2 is 1.68 bits per heavy atom. The number of carbonyl (C=O) groups is 2. The van der Waals surface area contributed by atoms with Gasteiger partial charge in [0.15, 0.2) is 0 Å². The van der Waals surface area contributed by atoms with Crippen LogP contribution in [0.1, 0.15) is 13.8 Å². The van der Waals surface area contributed by atoms with Crippen LogP contribution in [0.25, 0.3) is 0 Å². The fraction of sp³-hybridized carbons (Fsp3) is 0.385. The summed E-state index contributed by atoms with van der Waals surface area (Å²) in [4.78, 5) is 24.2. The molecule has 0 saturated heterocycles. The Morgan fingerprint density at radius 1 is 1.16 bits per heavy atom. The SMILES string of the molecule is CCOC(=O)C(Sc1ccccc1Cl)C(=O)OCC. The molecule has 6 heteroatoms. The topological polar surface area (TPSA) is 52.6 Å². The van der Waals surface area contributed by atoms with Gasteiger partial charge in [-0.2, -0.15) is 0 Å². The lowest BCUT2D eigenvalue weighted by molar-refractivity contribution is -0.152. The number of carbonyl (C=O) groups excluding carboxylic acids is 2. The van der Waals surface area contributed by atoms with E-state index in [9.17, 15) is 9.59 Å². The van der Waals surface area contributed by atoms with E-state index < -0.39 is 17.2 Å². The van der Waals surface area contributed by atoms with Crippen molar-refractivity contribution in [3.8, 4) is 0 Å². The summed E-state index contributed by atoms with van der Waals surface area (Å²) in [6.07, 6.45) is 0. The van der Waals surface area contributed by atoms with Gasteiger partial charge in [0.25, 0.3) is 0 Å². The van der Waals surface area contributed by atoms with Gasteiger partial charge in [-0.05, 0) is 26.0 Å². The van der Waals surface area contributed by atoms with Crippen molar-refractivity contribution in [2.75, 3.05) is 13.2 Å². The van der Waals surface area contributed by atoms with E-state index in [0.29, 0.717) is 9.92 Å². The number of hydrogen-bond acceptors (Lipinski definition) is 5. The van der Waals surface area contributed by atoms with Crippen molar-refractivity contribution in [3.63, 3.8) is 0 Å². The molecule has 0 radical (unpaired) electrons. The Hall–Kier alpha value is -1.20. The van der Waals surface area contributed by atoms with E-state index in [-0.39, 0.29) is 13.2 Å². The predicted molar refractivity (Wildman–Crippen MR) is 74.4 cm³/mol. The van der Waals surface area contributed by atoms with E-state index in [1.54, 1.807) is 38.1 Å². The Morgan fingerprint density at radius 3 is 2.16 bits per heavy atom. The summed E-state index contributed by atoms with van der Waals surface area (Å²) in [5.41, 5.74) is 0. The van der Waals surface area contributed by atoms with Crippen molar-refractivity contribution in [2.24, 2.45) is 0 Å². The molecular formula is C13H15ClO4S. The number of esters is 2. The molecule has 0 aliphatic heterocycles. The summed E-state index contributed by atoms with van der Waals surface area (Å²) in [6.45, 7) is 3.77. The van der Waals surface area contributed by atoms with Gasteiger partial charge in [0.05, 0.1) is 18.2 Å². The Bertz CT molecular complexity index is 432. The Labute approximate surface area is 121 Å². The molecule has 1 aromatic carbocycles. The summed E-state index contributed by atoms with van der Waals surface area (Å²) in [6, 6.07) is 6.98. The molecule has 0 unspecified atom stereocenters. The maximum Gasteiger partial charge on any atom is 0.331 e. The number of thioether (sulfide) groups is 1. The van der Waals surface area contributed by atoms with Gasteiger partial charge >= 0.3 is 11.9 Å². The molecule has 0 aromatic heterocycles. The lowest BCUT2D eigenvalue weighted by atomic mass is 10.4. The molecule has 0 saturated carbocycles. The monoisotopic (exact) mass is 302 g/mol. The van der Waals surface area contributed by atoms with Crippen molar-refractivity contribution < 1.29 is 19.1 Å². The molecule has 0 aliphatic carbocycles. The van der Waals surface area contributed by atoms with Crippen molar-refractivity contribution in [3.05, 3.63) is 29.3 Å². The molecule has 0 heterocycles. The second-order valence-corrected chi connectivity index (χ2v) is 4.99. The molecule has 19 heavy (non-hydrogen) atoms. The first kappa shape index (κ1) is 15.9. The summed E-state index contributed by atoms with van der Waals surface area (Å²) in [5, 5.41) is -0.578. The average molecular weight is 303 g/mol. The second-order valence-electron chi connectivity index (χ2n) is 3.43. The second kappa shape index (κ2) is 8.07. The van der Waals surface area contributed by atoms with Gasteiger partial charge in [-0.3, -0.25) is 9.59 Å². The number of ether oxygens (including phenoxy) is 2. The van der Waals surface area contributed by atoms with E-state index >= 15 is 0 Å². The van der Waals surface area contributed by atoms with Crippen LogP contribution in [0.3, 0.4) is 0 Å². The van der Waals surface area contributed by atoms with Gasteiger partial charge in [-0.15, -0.1) is 0 Å². The zero-order chi connectivity index (χ0) is 14.3. The van der Waals surface area contributed by atoms with Crippen LogP contribution in [0.15, 0.2) is 29.2 Å². The quantitative estimate of drug-likeness (QED) is 0.459. The molecule has 0 fully saturated rings. The number of benzene rings is 1. The van der Waals surface area contributed by atoms with Gasteiger partial charge in [-0.1, -0.05) is 35.5 Å². The van der Waals surface area contributed by atoms with Gasteiger partial charge in [0.1, 0.15) is 0 Å². The standard InChI is InChI=1S/C13H15ClO4S/c1-3-17-12(15)11(13(16)18-4-2)19-10-8-6-5-7-9(10)14/h5-8,11H,3-4H2,1-2H3. The van der Waals surface area contributed by atoms with Crippen LogP contribution in [0.2, 0.25) is 5.02 Å². The van der Waals surface area contributed by atoms with Crippen molar-refractivity contribution >= 4 is 35.3 Å². The summed E-state index contributed by atoms with van der Waals surface area (Å²) in [5.74, 6) is -1.24. The highest BCUT2D eigenvalue weighted by molar-refractivity contribution is 8.01. The number of rotatable bonds is 6. The molecule has 1 aromatic rings. The van der Waals surface area contributed by atoms with Gasteiger partial charge in [0.2, 0.25) is 5.25 Å². The molecule has 104 valence electrons. The van der Waals surface area contributed by atoms with E-state index in [4.69, 9.17) is 21.1 Å². The predicted octanol–water partition coefficient (Wildman–Crippen LogP) is 2.93. The van der Waals surface area contributed by atoms with Crippen LogP contribution in [-0.4, -0.2) is 30.4 Å². The summed E-state index contributed by atoms with van der Waals surface area (Å²) < 4.78 is 9.76. The normalized spacial score (nSPS) is 10.3. The first-order valence-electron chi connectivity index (χ1n) is 5.84. The molecule has 0 spiro atoms. The van der Waals surface area contributed by atoms with Crippen LogP contribution >= 0.6 is 23.4 Å². The number of hydrogen-bond donors (Lipinski definition) is 0. The smallest absolute Gasteiger partial charge is 0.331 e. The lowest BCUT2D eigenvalue weighted by Gasteiger charge is -2.14. The molecule has 4 nitrogen and oxygen atoms in total. The minimum absolute atomic E-state index is 0.206. The molecule has 0 aliphatic rings. The maximum atomic E-state index is 11.8. The van der Waals surface area contributed by atoms with Crippen LogP contribution in [0.4, 0.5) is 0 Å². The molecule has 0 N–H and O–H groups in total. The van der Waals surface area contributed by atoms with Gasteiger partial charge < -0.3 is 9.47 Å². The zero-order valence-electron chi connectivity index (χ0n) is 10.7. The zero-order valence-corrected chi connectivity index (χ0v) is 12.3. The highest BCUT2D eigenvalue weighted by atomic mass is 35.5. The fourth-order valence-electron chi connectivity index (χ4n) is 1.30. The van der Waals surface area contributed by atoms with Crippen LogP contribution in [0.5, 0.6) is 0 Å². The fourth-order valence-corrected chi connectivity index (χ4v) is 2.49. The number of halogens is 1. The van der Waals surface area contributed by atoms with E-state index in [2.05, 4.69) is 0 Å². The van der Waals surface area contributed by atoms with Gasteiger partial charge in [-0.25, -0.2) is 0 Å². The highest BCUT2D eigenvalue weighted by Crippen LogP contribution is 2.31. The minimum atomic E-state index is -1.06.